The number of pyridine rings is 1. The predicted octanol–water partition coefficient (Wildman–Crippen LogP) is 3.24. The Labute approximate surface area is 168 Å². The van der Waals surface area contributed by atoms with Crippen molar-refractivity contribution in [2.45, 2.75) is 19.8 Å². The largest absolute Gasteiger partial charge is 0.488 e. The summed E-state index contributed by atoms with van der Waals surface area (Å²) in [6, 6.07) is 6.52. The highest BCUT2D eigenvalue weighted by Gasteiger charge is 2.11. The molecule has 0 aliphatic heterocycles. The fourth-order valence-corrected chi connectivity index (χ4v) is 2.84. The van der Waals surface area contributed by atoms with Crippen molar-refractivity contribution < 1.29 is 23.4 Å². The van der Waals surface area contributed by atoms with Gasteiger partial charge in [-0.3, -0.25) is 4.79 Å². The van der Waals surface area contributed by atoms with E-state index in [1.54, 1.807) is 31.5 Å². The Morgan fingerprint density at radius 3 is 2.79 bits per heavy atom. The topological polar surface area (TPSA) is 85.5 Å². The molecule has 0 unspecified atom stereocenters. The summed E-state index contributed by atoms with van der Waals surface area (Å²) in [6.45, 7) is 2.76. The van der Waals surface area contributed by atoms with Gasteiger partial charge in [0.25, 0.3) is 0 Å². The lowest BCUT2D eigenvalue weighted by Crippen LogP contribution is -2.24. The molecule has 7 nitrogen and oxygen atoms in total. The number of nitrogens with one attached hydrogen (secondary N) is 2. The van der Waals surface area contributed by atoms with Crippen LogP contribution in [0.15, 0.2) is 36.7 Å². The van der Waals surface area contributed by atoms with Gasteiger partial charge in [-0.15, -0.1) is 0 Å². The first kappa shape index (κ1) is 20.4. The van der Waals surface area contributed by atoms with Gasteiger partial charge in [-0.2, -0.15) is 0 Å². The zero-order chi connectivity index (χ0) is 20.6. The summed E-state index contributed by atoms with van der Waals surface area (Å²) in [7, 11) is 1.54. The van der Waals surface area contributed by atoms with Crippen LogP contribution in [0.1, 0.15) is 18.9 Å². The number of rotatable bonds is 10. The molecule has 2 heterocycles. The number of hydrogen-bond acceptors (Lipinski definition) is 5. The molecule has 29 heavy (non-hydrogen) atoms. The minimum absolute atomic E-state index is 0.00645. The summed E-state index contributed by atoms with van der Waals surface area (Å²) < 4.78 is 30.4. The van der Waals surface area contributed by atoms with Gasteiger partial charge in [-0.25, -0.2) is 9.37 Å². The van der Waals surface area contributed by atoms with Gasteiger partial charge in [0.15, 0.2) is 11.6 Å². The zero-order valence-corrected chi connectivity index (χ0v) is 16.5. The van der Waals surface area contributed by atoms with Crippen LogP contribution in [0, 0.1) is 5.82 Å². The molecule has 3 aromatic rings. The molecule has 0 saturated heterocycles. The van der Waals surface area contributed by atoms with Crippen LogP contribution in [0.5, 0.6) is 17.4 Å². The van der Waals surface area contributed by atoms with Crippen LogP contribution >= 0.6 is 0 Å². The molecule has 1 aromatic carbocycles. The van der Waals surface area contributed by atoms with Crippen molar-refractivity contribution in [3.05, 3.63) is 48.0 Å². The Bertz CT molecular complexity index is 956. The molecule has 0 saturated carbocycles. The van der Waals surface area contributed by atoms with E-state index in [-0.39, 0.29) is 24.9 Å². The van der Waals surface area contributed by atoms with Crippen LogP contribution in [0.25, 0.3) is 10.9 Å². The fourth-order valence-electron chi connectivity index (χ4n) is 2.84. The Balaban J connectivity index is 1.57. The van der Waals surface area contributed by atoms with Gasteiger partial charge < -0.3 is 24.5 Å². The highest BCUT2D eigenvalue weighted by atomic mass is 19.1. The van der Waals surface area contributed by atoms with Gasteiger partial charge in [0.1, 0.15) is 19.0 Å². The second-order valence-electron chi connectivity index (χ2n) is 6.33. The van der Waals surface area contributed by atoms with E-state index in [2.05, 4.69) is 15.3 Å². The second-order valence-corrected chi connectivity index (χ2v) is 6.33. The number of hydrogen-bond donors (Lipinski definition) is 2. The predicted molar refractivity (Wildman–Crippen MR) is 107 cm³/mol. The third-order valence-corrected chi connectivity index (χ3v) is 4.39. The smallest absolute Gasteiger partial charge is 0.219 e. The molecule has 0 radical (unpaired) electrons. The number of halogens is 1. The van der Waals surface area contributed by atoms with Gasteiger partial charge in [0, 0.05) is 42.2 Å². The molecule has 0 fully saturated rings. The van der Waals surface area contributed by atoms with Crippen molar-refractivity contribution in [3.63, 3.8) is 0 Å². The third-order valence-electron chi connectivity index (χ3n) is 4.39. The number of carbonyl (C=O) groups is 1. The van der Waals surface area contributed by atoms with Crippen molar-refractivity contribution in [2.75, 3.05) is 26.9 Å². The highest BCUT2D eigenvalue weighted by Crippen LogP contribution is 2.27. The second kappa shape index (κ2) is 9.77. The van der Waals surface area contributed by atoms with Crippen molar-refractivity contribution >= 4 is 16.8 Å². The normalized spacial score (nSPS) is 10.7. The summed E-state index contributed by atoms with van der Waals surface area (Å²) in [5.74, 6) is 0.795. The molecule has 154 valence electrons. The molecular weight excluding hydrogens is 377 g/mol. The van der Waals surface area contributed by atoms with Gasteiger partial charge in [-0.05, 0) is 24.1 Å². The van der Waals surface area contributed by atoms with Crippen LogP contribution < -0.4 is 19.5 Å². The summed E-state index contributed by atoms with van der Waals surface area (Å²) in [5, 5.41) is 3.71. The lowest BCUT2D eigenvalue weighted by Gasteiger charge is -2.10. The molecule has 3 rings (SSSR count). The molecule has 0 bridgehead atoms. The summed E-state index contributed by atoms with van der Waals surface area (Å²) in [4.78, 5) is 18.5. The van der Waals surface area contributed by atoms with E-state index >= 15 is 0 Å². The maximum absolute atomic E-state index is 14.3. The van der Waals surface area contributed by atoms with E-state index < -0.39 is 5.82 Å². The van der Waals surface area contributed by atoms with Crippen molar-refractivity contribution in [1.82, 2.24) is 15.3 Å². The SMILES string of the molecule is CCC(=O)NCCc1c[nH]c2cc(F)c(OCCOc3ccc(OC)nc3)cc12. The van der Waals surface area contributed by atoms with Gasteiger partial charge in [-0.1, -0.05) is 6.92 Å². The minimum Gasteiger partial charge on any atom is -0.488 e. The van der Waals surface area contributed by atoms with E-state index in [9.17, 15) is 9.18 Å². The average Bonchev–Trinajstić information content (AvgIpc) is 3.13. The maximum Gasteiger partial charge on any atom is 0.219 e. The Kier molecular flexibility index (Phi) is 6.89. The van der Waals surface area contributed by atoms with Crippen LogP contribution in [-0.4, -0.2) is 42.7 Å². The quantitative estimate of drug-likeness (QED) is 0.510. The van der Waals surface area contributed by atoms with Crippen LogP contribution in [0.2, 0.25) is 0 Å². The Morgan fingerprint density at radius 2 is 2.07 bits per heavy atom. The first-order valence-corrected chi connectivity index (χ1v) is 9.42. The number of nitrogens with zero attached hydrogens (tertiary/aromatic N) is 1. The summed E-state index contributed by atoms with van der Waals surface area (Å²) in [6.07, 6.45) is 4.47. The molecule has 2 aromatic heterocycles. The number of carbonyl (C=O) groups excluding carboxylic acids is 1. The number of methoxy groups -OCH3 is 1. The monoisotopic (exact) mass is 401 g/mol. The Morgan fingerprint density at radius 1 is 1.24 bits per heavy atom. The van der Waals surface area contributed by atoms with Crippen LogP contribution in [0.3, 0.4) is 0 Å². The number of H-pyrrole nitrogens is 1. The van der Waals surface area contributed by atoms with Gasteiger partial charge in [0.2, 0.25) is 11.8 Å². The number of fused-ring (bicyclic) bond motifs is 1. The molecule has 1 amide bonds. The van der Waals surface area contributed by atoms with Crippen molar-refractivity contribution in [2.24, 2.45) is 0 Å². The molecule has 0 aliphatic rings. The number of aromatic amines is 1. The number of ether oxygens (including phenoxy) is 3. The summed E-state index contributed by atoms with van der Waals surface area (Å²) >= 11 is 0. The fraction of sp³-hybridized carbons (Fsp3) is 0.333. The molecule has 8 heteroatoms. The highest BCUT2D eigenvalue weighted by molar-refractivity contribution is 5.85. The zero-order valence-electron chi connectivity index (χ0n) is 16.5. The molecule has 0 atom stereocenters. The number of amides is 1. The first-order chi connectivity index (χ1) is 14.1. The lowest BCUT2D eigenvalue weighted by molar-refractivity contribution is -0.120. The molecule has 2 N–H and O–H groups in total. The Hall–Kier alpha value is -3.29. The molecular formula is C21H24FN3O4. The van der Waals surface area contributed by atoms with Crippen molar-refractivity contribution in [1.29, 1.82) is 0 Å². The molecule has 0 spiro atoms. The minimum atomic E-state index is -0.448. The lowest BCUT2D eigenvalue weighted by atomic mass is 10.1. The standard InChI is InChI=1S/C21H24FN3O4/c1-3-20(26)23-7-6-14-12-24-18-11-17(22)19(10-16(14)18)29-9-8-28-15-4-5-21(27-2)25-13-15/h4-5,10-13,24H,3,6-9H2,1-2H3,(H,23,26). The van der Waals surface area contributed by atoms with E-state index in [0.717, 1.165) is 10.9 Å². The van der Waals surface area contributed by atoms with Gasteiger partial charge >= 0.3 is 0 Å². The van der Waals surface area contributed by atoms with Gasteiger partial charge in [0.05, 0.1) is 13.3 Å². The number of aromatic nitrogens is 2. The molecule has 0 aliphatic carbocycles. The maximum atomic E-state index is 14.3. The first-order valence-electron chi connectivity index (χ1n) is 9.42. The van der Waals surface area contributed by atoms with Crippen LogP contribution in [-0.2, 0) is 11.2 Å². The summed E-state index contributed by atoms with van der Waals surface area (Å²) in [5.41, 5.74) is 1.68. The van der Waals surface area contributed by atoms with E-state index in [0.29, 0.717) is 36.5 Å². The van der Waals surface area contributed by atoms with Crippen molar-refractivity contribution in [3.8, 4) is 17.4 Å². The number of benzene rings is 1. The van der Waals surface area contributed by atoms with Crippen LogP contribution in [0.4, 0.5) is 4.39 Å². The van der Waals surface area contributed by atoms with E-state index in [1.165, 1.54) is 6.07 Å². The third kappa shape index (κ3) is 5.37. The van der Waals surface area contributed by atoms with E-state index in [1.807, 2.05) is 13.1 Å². The van der Waals surface area contributed by atoms with E-state index in [4.69, 9.17) is 14.2 Å². The average molecular weight is 401 g/mol.